The molecule has 1 aromatic rings. The number of hydrogen-bond acceptors (Lipinski definition) is 3. The predicted octanol–water partition coefficient (Wildman–Crippen LogP) is 3.69. The summed E-state index contributed by atoms with van der Waals surface area (Å²) in [5.74, 6) is 0. The molecule has 0 saturated heterocycles. The summed E-state index contributed by atoms with van der Waals surface area (Å²) < 4.78 is 5.53. The zero-order chi connectivity index (χ0) is 15.5. The van der Waals surface area contributed by atoms with Crippen molar-refractivity contribution in [2.24, 2.45) is 5.73 Å². The fraction of sp³-hybridized carbons (Fsp3) is 0.444. The van der Waals surface area contributed by atoms with Crippen molar-refractivity contribution in [3.63, 3.8) is 0 Å². The van der Waals surface area contributed by atoms with Gasteiger partial charge in [0, 0.05) is 12.8 Å². The summed E-state index contributed by atoms with van der Waals surface area (Å²) in [5.41, 5.74) is 9.71. The van der Waals surface area contributed by atoms with Gasteiger partial charge in [0.1, 0.15) is 0 Å². The van der Waals surface area contributed by atoms with Gasteiger partial charge in [0.25, 0.3) is 0 Å². The number of nitrogens with two attached hydrogens (primary N) is 1. The van der Waals surface area contributed by atoms with Crippen LogP contribution in [-0.4, -0.2) is 18.1 Å². The van der Waals surface area contributed by atoms with Crippen molar-refractivity contribution < 1.29 is 4.74 Å². The van der Waals surface area contributed by atoms with Gasteiger partial charge in [0.05, 0.1) is 18.3 Å². The topological polar surface area (TPSA) is 38.5 Å². The Kier molecular flexibility index (Phi) is 4.73. The van der Waals surface area contributed by atoms with Gasteiger partial charge in [-0.15, -0.1) is 0 Å². The van der Waals surface area contributed by atoms with Gasteiger partial charge in [-0.05, 0) is 36.1 Å². The summed E-state index contributed by atoms with van der Waals surface area (Å²) in [6, 6.07) is 8.92. The van der Waals surface area contributed by atoms with E-state index in [1.165, 1.54) is 11.1 Å². The molecule has 1 aliphatic carbocycles. The Morgan fingerprint density at radius 2 is 2.19 bits per heavy atom. The summed E-state index contributed by atoms with van der Waals surface area (Å²) in [6.07, 6.45) is 4.54. The molecule has 0 fully saturated rings. The van der Waals surface area contributed by atoms with E-state index in [2.05, 4.69) is 49.6 Å². The average molecular weight is 286 g/mol. The van der Waals surface area contributed by atoms with Gasteiger partial charge in [-0.25, -0.2) is 0 Å². The third kappa shape index (κ3) is 2.98. The van der Waals surface area contributed by atoms with Crippen LogP contribution in [-0.2, 0) is 10.2 Å². The van der Waals surface area contributed by atoms with Crippen molar-refractivity contribution >= 4 is 0 Å². The molecular formula is C18H26N2O. The number of nitrogens with zero attached hydrogens (tertiary/aromatic N) is 1. The molecule has 21 heavy (non-hydrogen) atoms. The van der Waals surface area contributed by atoms with Gasteiger partial charge >= 0.3 is 0 Å². The maximum atomic E-state index is 5.81. The van der Waals surface area contributed by atoms with Crippen LogP contribution in [0.25, 0.3) is 0 Å². The van der Waals surface area contributed by atoms with Gasteiger partial charge in [-0.1, -0.05) is 44.7 Å². The van der Waals surface area contributed by atoms with Crippen LogP contribution in [0.2, 0.25) is 0 Å². The van der Waals surface area contributed by atoms with Crippen LogP contribution in [0.4, 0.5) is 0 Å². The van der Waals surface area contributed by atoms with Crippen molar-refractivity contribution in [1.82, 2.24) is 4.90 Å². The van der Waals surface area contributed by atoms with Crippen molar-refractivity contribution in [3.8, 4) is 0 Å². The fourth-order valence-corrected chi connectivity index (χ4v) is 3.22. The van der Waals surface area contributed by atoms with Gasteiger partial charge < -0.3 is 15.4 Å². The van der Waals surface area contributed by atoms with Crippen LogP contribution in [0.5, 0.6) is 0 Å². The van der Waals surface area contributed by atoms with E-state index in [1.54, 1.807) is 6.20 Å². The van der Waals surface area contributed by atoms with Crippen LogP contribution in [0.3, 0.4) is 0 Å². The molecule has 2 N–H and O–H groups in total. The smallest absolute Gasteiger partial charge is 0.0882 e. The highest BCUT2D eigenvalue weighted by Crippen LogP contribution is 2.48. The van der Waals surface area contributed by atoms with Crippen molar-refractivity contribution in [2.45, 2.75) is 38.6 Å². The van der Waals surface area contributed by atoms with E-state index in [0.717, 1.165) is 12.1 Å². The highest BCUT2D eigenvalue weighted by molar-refractivity contribution is 5.42. The average Bonchev–Trinajstić information content (AvgIpc) is 2.76. The summed E-state index contributed by atoms with van der Waals surface area (Å²) in [5, 5.41) is 0. The number of hydrogen-bond donors (Lipinski definition) is 1. The third-order valence-corrected chi connectivity index (χ3v) is 4.26. The van der Waals surface area contributed by atoms with Crippen LogP contribution in [0, 0.1) is 0 Å². The lowest BCUT2D eigenvalue weighted by Crippen LogP contribution is -2.26. The standard InChI is InChI=1S/C18H26N2O/c1-5-20(14(12-19)13-21-6-2)17-11-18(3,4)16-10-8-7-9-15(16)17/h5,7-10,12,17H,1,6,11,13,19H2,2-4H3/b14-12-. The molecule has 0 spiro atoms. The lowest BCUT2D eigenvalue weighted by atomic mass is 9.86. The summed E-state index contributed by atoms with van der Waals surface area (Å²) in [4.78, 5) is 2.16. The first kappa shape index (κ1) is 15.6. The van der Waals surface area contributed by atoms with E-state index in [1.807, 2.05) is 13.1 Å². The first-order valence-corrected chi connectivity index (χ1v) is 7.54. The summed E-state index contributed by atoms with van der Waals surface area (Å²) in [6.45, 7) is 11.7. The summed E-state index contributed by atoms with van der Waals surface area (Å²) in [7, 11) is 0. The molecule has 0 aliphatic heterocycles. The summed E-state index contributed by atoms with van der Waals surface area (Å²) >= 11 is 0. The molecule has 3 heteroatoms. The number of ether oxygens (including phenoxy) is 1. The monoisotopic (exact) mass is 286 g/mol. The minimum atomic E-state index is 0.161. The molecule has 0 heterocycles. The molecule has 1 unspecified atom stereocenters. The lowest BCUT2D eigenvalue weighted by molar-refractivity contribution is 0.144. The Balaban J connectivity index is 2.34. The number of fused-ring (bicyclic) bond motifs is 1. The van der Waals surface area contributed by atoms with Gasteiger partial charge in [0.15, 0.2) is 0 Å². The first-order chi connectivity index (χ1) is 10.0. The van der Waals surface area contributed by atoms with E-state index in [-0.39, 0.29) is 11.5 Å². The zero-order valence-electron chi connectivity index (χ0n) is 13.3. The maximum Gasteiger partial charge on any atom is 0.0882 e. The Morgan fingerprint density at radius 3 is 2.81 bits per heavy atom. The fourth-order valence-electron chi connectivity index (χ4n) is 3.22. The molecular weight excluding hydrogens is 260 g/mol. The highest BCUT2D eigenvalue weighted by Gasteiger charge is 2.39. The van der Waals surface area contributed by atoms with Crippen molar-refractivity contribution in [3.05, 3.63) is 60.1 Å². The second kappa shape index (κ2) is 6.35. The number of benzene rings is 1. The molecule has 0 radical (unpaired) electrons. The third-order valence-electron chi connectivity index (χ3n) is 4.26. The van der Waals surface area contributed by atoms with Gasteiger partial charge in [-0.2, -0.15) is 0 Å². The van der Waals surface area contributed by atoms with E-state index < -0.39 is 0 Å². The molecule has 0 amide bonds. The van der Waals surface area contributed by atoms with Crippen LogP contribution in [0.15, 0.2) is 48.9 Å². The minimum Gasteiger partial charge on any atom is -0.403 e. The van der Waals surface area contributed by atoms with E-state index >= 15 is 0 Å². The molecule has 1 aliphatic rings. The molecule has 0 bridgehead atoms. The van der Waals surface area contributed by atoms with Crippen LogP contribution >= 0.6 is 0 Å². The highest BCUT2D eigenvalue weighted by atomic mass is 16.5. The largest absolute Gasteiger partial charge is 0.403 e. The van der Waals surface area contributed by atoms with Crippen molar-refractivity contribution in [1.29, 1.82) is 0 Å². The zero-order valence-corrected chi connectivity index (χ0v) is 13.3. The lowest BCUT2D eigenvalue weighted by Gasteiger charge is -2.31. The Hall–Kier alpha value is -1.74. The Bertz CT molecular complexity index is 534. The predicted molar refractivity (Wildman–Crippen MR) is 87.6 cm³/mol. The van der Waals surface area contributed by atoms with E-state index in [9.17, 15) is 0 Å². The van der Waals surface area contributed by atoms with Gasteiger partial charge in [-0.3, -0.25) is 0 Å². The molecule has 0 aromatic heterocycles. The SMILES string of the molecule is C=CN(/C(=C\N)COCC)C1CC(C)(C)c2ccccc21. The van der Waals surface area contributed by atoms with E-state index in [4.69, 9.17) is 10.5 Å². The Labute approximate surface area is 128 Å². The Morgan fingerprint density at radius 1 is 1.48 bits per heavy atom. The molecule has 1 atom stereocenters. The van der Waals surface area contributed by atoms with E-state index in [0.29, 0.717) is 13.2 Å². The molecule has 3 nitrogen and oxygen atoms in total. The molecule has 2 rings (SSSR count). The molecule has 0 saturated carbocycles. The normalized spacial score (nSPS) is 20.1. The number of rotatable bonds is 6. The first-order valence-electron chi connectivity index (χ1n) is 7.54. The van der Waals surface area contributed by atoms with Gasteiger partial charge in [0.2, 0.25) is 0 Å². The minimum absolute atomic E-state index is 0.161. The van der Waals surface area contributed by atoms with Crippen LogP contribution in [0.1, 0.15) is 44.4 Å². The molecule has 1 aromatic carbocycles. The van der Waals surface area contributed by atoms with Crippen molar-refractivity contribution in [2.75, 3.05) is 13.2 Å². The molecule has 114 valence electrons. The quantitative estimate of drug-likeness (QED) is 0.866. The second-order valence-corrected chi connectivity index (χ2v) is 6.08. The van der Waals surface area contributed by atoms with Crippen LogP contribution < -0.4 is 5.73 Å². The second-order valence-electron chi connectivity index (χ2n) is 6.08. The maximum absolute atomic E-state index is 5.81.